The second kappa shape index (κ2) is 18.8. The molecule has 0 rings (SSSR count). The van der Waals surface area contributed by atoms with Crippen LogP contribution in [0, 0.1) is 5.92 Å². The number of hydrogen-bond acceptors (Lipinski definition) is 0. The van der Waals surface area contributed by atoms with Crippen LogP contribution in [0.2, 0.25) is 0 Å². The molecule has 0 radical (unpaired) electrons. The van der Waals surface area contributed by atoms with Gasteiger partial charge in [-0.1, -0.05) is 116 Å². The molecule has 0 aliphatic heterocycles. The minimum atomic E-state index is 0.956. The van der Waals surface area contributed by atoms with Crippen LogP contribution in [-0.2, 0) is 0 Å². The smallest absolute Gasteiger partial charge is 0.0322 e. The fraction of sp³-hybridized carbons (Fsp3) is 0.909. The zero-order valence-electron chi connectivity index (χ0n) is 16.0. The number of unbranched alkanes of at least 4 members (excludes halogenated alkanes) is 10. The van der Waals surface area contributed by atoms with Gasteiger partial charge in [0.15, 0.2) is 0 Å². The lowest BCUT2D eigenvalue weighted by molar-refractivity contribution is 0.414. The Balaban J connectivity index is 3.70. The average Bonchev–Trinajstić information content (AvgIpc) is 2.54. The maximum Gasteiger partial charge on any atom is -0.0322 e. The number of rotatable bonds is 17. The topological polar surface area (TPSA) is 0 Å². The lowest BCUT2D eigenvalue weighted by Crippen LogP contribution is -1.99. The lowest BCUT2D eigenvalue weighted by Gasteiger charge is -2.14. The SMILES string of the molecule is CCCCCCC=CCC(CCCC)CCCCCCCC. The maximum atomic E-state index is 2.49. The minimum Gasteiger partial charge on any atom is -0.0885 e. The van der Waals surface area contributed by atoms with E-state index in [4.69, 9.17) is 0 Å². The molecule has 0 aromatic rings. The van der Waals surface area contributed by atoms with E-state index < -0.39 is 0 Å². The first-order chi connectivity index (χ1) is 10.8. The number of allylic oxidation sites excluding steroid dienone is 2. The third-order valence-corrected chi connectivity index (χ3v) is 4.79. The summed E-state index contributed by atoms with van der Waals surface area (Å²) >= 11 is 0. The first-order valence-electron chi connectivity index (χ1n) is 10.5. The first kappa shape index (κ1) is 21.7. The normalized spacial score (nSPS) is 13.0. The van der Waals surface area contributed by atoms with Crippen molar-refractivity contribution in [3.05, 3.63) is 12.2 Å². The molecule has 1 unspecified atom stereocenters. The van der Waals surface area contributed by atoms with Gasteiger partial charge >= 0.3 is 0 Å². The van der Waals surface area contributed by atoms with Crippen molar-refractivity contribution in [2.45, 2.75) is 124 Å². The summed E-state index contributed by atoms with van der Waals surface area (Å²) in [5.41, 5.74) is 0. The largest absolute Gasteiger partial charge is 0.0885 e. The van der Waals surface area contributed by atoms with Gasteiger partial charge in [-0.2, -0.15) is 0 Å². The molecule has 0 nitrogen and oxygen atoms in total. The molecule has 0 aliphatic rings. The predicted molar refractivity (Wildman–Crippen MR) is 104 cm³/mol. The molecule has 0 heterocycles. The monoisotopic (exact) mass is 308 g/mol. The summed E-state index contributed by atoms with van der Waals surface area (Å²) in [7, 11) is 0. The van der Waals surface area contributed by atoms with E-state index in [1.54, 1.807) is 0 Å². The molecule has 0 saturated carbocycles. The van der Waals surface area contributed by atoms with Crippen molar-refractivity contribution in [2.24, 2.45) is 5.92 Å². The predicted octanol–water partition coefficient (Wildman–Crippen LogP) is 8.46. The third kappa shape index (κ3) is 16.1. The molecule has 0 fully saturated rings. The molecular formula is C22H44. The molecule has 0 amide bonds. The summed E-state index contributed by atoms with van der Waals surface area (Å²) in [6.07, 6.45) is 27.5. The third-order valence-electron chi connectivity index (χ3n) is 4.79. The summed E-state index contributed by atoms with van der Waals surface area (Å²) in [4.78, 5) is 0. The molecule has 0 bridgehead atoms. The van der Waals surface area contributed by atoms with Crippen LogP contribution in [-0.4, -0.2) is 0 Å². The van der Waals surface area contributed by atoms with Gasteiger partial charge in [0, 0.05) is 0 Å². The molecule has 132 valence electrons. The van der Waals surface area contributed by atoms with Gasteiger partial charge in [-0.25, -0.2) is 0 Å². The van der Waals surface area contributed by atoms with Gasteiger partial charge < -0.3 is 0 Å². The fourth-order valence-corrected chi connectivity index (χ4v) is 3.18. The highest BCUT2D eigenvalue weighted by molar-refractivity contribution is 4.84. The summed E-state index contributed by atoms with van der Waals surface area (Å²) in [6, 6.07) is 0. The first-order valence-corrected chi connectivity index (χ1v) is 10.5. The van der Waals surface area contributed by atoms with Gasteiger partial charge in [-0.05, 0) is 25.2 Å². The van der Waals surface area contributed by atoms with Crippen LogP contribution in [0.4, 0.5) is 0 Å². The van der Waals surface area contributed by atoms with Gasteiger partial charge in [-0.3, -0.25) is 0 Å². The van der Waals surface area contributed by atoms with Gasteiger partial charge in [0.25, 0.3) is 0 Å². The van der Waals surface area contributed by atoms with E-state index in [0.717, 1.165) is 5.92 Å². The molecule has 0 saturated heterocycles. The molecule has 0 aromatic carbocycles. The molecule has 0 N–H and O–H groups in total. The van der Waals surface area contributed by atoms with Crippen LogP contribution in [0.5, 0.6) is 0 Å². The molecule has 1 atom stereocenters. The van der Waals surface area contributed by atoms with Crippen LogP contribution in [0.25, 0.3) is 0 Å². The maximum absolute atomic E-state index is 2.49. The average molecular weight is 309 g/mol. The van der Waals surface area contributed by atoms with Crippen molar-refractivity contribution in [3.63, 3.8) is 0 Å². The zero-order chi connectivity index (χ0) is 16.3. The Morgan fingerprint density at radius 2 is 1.09 bits per heavy atom. The van der Waals surface area contributed by atoms with E-state index in [2.05, 4.69) is 32.9 Å². The highest BCUT2D eigenvalue weighted by Gasteiger charge is 2.06. The molecule has 0 aliphatic carbocycles. The number of hydrogen-bond donors (Lipinski definition) is 0. The van der Waals surface area contributed by atoms with Gasteiger partial charge in [-0.15, -0.1) is 0 Å². The molecule has 0 spiro atoms. The standard InChI is InChI=1S/C22H44/c1-4-7-10-12-14-16-18-21-22(19-9-6-3)20-17-15-13-11-8-5-2/h16,18,22H,4-15,17,19-21H2,1-3H3. The van der Waals surface area contributed by atoms with E-state index in [-0.39, 0.29) is 0 Å². The Morgan fingerprint density at radius 1 is 0.545 bits per heavy atom. The van der Waals surface area contributed by atoms with Crippen LogP contribution in [0.15, 0.2) is 12.2 Å². The Hall–Kier alpha value is -0.260. The summed E-state index contributed by atoms with van der Waals surface area (Å²) in [5, 5.41) is 0. The van der Waals surface area contributed by atoms with E-state index in [9.17, 15) is 0 Å². The summed E-state index contributed by atoms with van der Waals surface area (Å²) < 4.78 is 0. The van der Waals surface area contributed by atoms with E-state index >= 15 is 0 Å². The van der Waals surface area contributed by atoms with Crippen molar-refractivity contribution in [2.75, 3.05) is 0 Å². The van der Waals surface area contributed by atoms with Crippen molar-refractivity contribution in [3.8, 4) is 0 Å². The highest BCUT2D eigenvalue weighted by Crippen LogP contribution is 2.21. The van der Waals surface area contributed by atoms with Crippen LogP contribution < -0.4 is 0 Å². The van der Waals surface area contributed by atoms with E-state index in [0.29, 0.717) is 0 Å². The van der Waals surface area contributed by atoms with E-state index in [1.165, 1.54) is 103 Å². The minimum absolute atomic E-state index is 0.956. The van der Waals surface area contributed by atoms with Crippen molar-refractivity contribution in [1.29, 1.82) is 0 Å². The Kier molecular flexibility index (Phi) is 18.6. The molecule has 0 aromatic heterocycles. The van der Waals surface area contributed by atoms with Crippen molar-refractivity contribution in [1.82, 2.24) is 0 Å². The van der Waals surface area contributed by atoms with Crippen LogP contribution in [0.3, 0.4) is 0 Å². The van der Waals surface area contributed by atoms with Crippen molar-refractivity contribution >= 4 is 0 Å². The second-order valence-corrected chi connectivity index (χ2v) is 7.12. The fourth-order valence-electron chi connectivity index (χ4n) is 3.18. The zero-order valence-corrected chi connectivity index (χ0v) is 16.0. The Morgan fingerprint density at radius 3 is 1.77 bits per heavy atom. The second-order valence-electron chi connectivity index (χ2n) is 7.12. The van der Waals surface area contributed by atoms with Crippen LogP contribution >= 0.6 is 0 Å². The molecular weight excluding hydrogens is 264 g/mol. The van der Waals surface area contributed by atoms with Crippen molar-refractivity contribution < 1.29 is 0 Å². The molecule has 22 heavy (non-hydrogen) atoms. The lowest BCUT2D eigenvalue weighted by atomic mass is 9.92. The Labute approximate surface area is 142 Å². The van der Waals surface area contributed by atoms with Gasteiger partial charge in [0.1, 0.15) is 0 Å². The van der Waals surface area contributed by atoms with Crippen LogP contribution in [0.1, 0.15) is 124 Å². The summed E-state index contributed by atoms with van der Waals surface area (Å²) in [6.45, 7) is 6.91. The Bertz CT molecular complexity index is 216. The quantitative estimate of drug-likeness (QED) is 0.187. The molecule has 0 heteroatoms. The van der Waals surface area contributed by atoms with Gasteiger partial charge in [0.2, 0.25) is 0 Å². The van der Waals surface area contributed by atoms with E-state index in [1.807, 2.05) is 0 Å². The van der Waals surface area contributed by atoms with Gasteiger partial charge in [0.05, 0.1) is 0 Å². The highest BCUT2D eigenvalue weighted by atomic mass is 14.1. The summed E-state index contributed by atoms with van der Waals surface area (Å²) in [5.74, 6) is 0.956.